The van der Waals surface area contributed by atoms with E-state index in [2.05, 4.69) is 10.2 Å². The molecule has 0 spiro atoms. The van der Waals surface area contributed by atoms with Gasteiger partial charge in [0.05, 0.1) is 6.42 Å². The number of carbonyl (C=O) groups is 2. The van der Waals surface area contributed by atoms with E-state index in [1.165, 1.54) is 0 Å². The van der Waals surface area contributed by atoms with E-state index >= 15 is 0 Å². The van der Waals surface area contributed by atoms with E-state index in [4.69, 9.17) is 9.97 Å². The van der Waals surface area contributed by atoms with Gasteiger partial charge in [-0.25, -0.2) is 9.97 Å². The van der Waals surface area contributed by atoms with Gasteiger partial charge in [-0.3, -0.25) is 9.59 Å². The lowest BCUT2D eigenvalue weighted by atomic mass is 10.0. The summed E-state index contributed by atoms with van der Waals surface area (Å²) in [4.78, 5) is 38.2. The molecule has 0 bridgehead atoms. The van der Waals surface area contributed by atoms with Crippen molar-refractivity contribution in [2.45, 2.75) is 25.7 Å². The van der Waals surface area contributed by atoms with Crippen LogP contribution in [0.3, 0.4) is 0 Å². The second kappa shape index (κ2) is 12.0. The fraction of sp³-hybridized carbons (Fsp3) is 0.250. The number of aromatic nitrogens is 2. The average molecular weight is 536 g/mol. The van der Waals surface area contributed by atoms with Crippen LogP contribution in [0.1, 0.15) is 40.2 Å². The number of aliphatic carboxylic acids is 1. The lowest BCUT2D eigenvalue weighted by Crippen LogP contribution is -2.26. The van der Waals surface area contributed by atoms with Crippen LogP contribution in [-0.2, 0) is 17.6 Å². The van der Waals surface area contributed by atoms with Crippen LogP contribution < -0.4 is 15.1 Å². The summed E-state index contributed by atoms with van der Waals surface area (Å²) in [5.74, 6) is 0.915. The van der Waals surface area contributed by atoms with Crippen LogP contribution >= 0.6 is 0 Å². The van der Waals surface area contributed by atoms with Gasteiger partial charge in [0.25, 0.3) is 5.91 Å². The highest BCUT2D eigenvalue weighted by atomic mass is 16.4. The third kappa shape index (κ3) is 6.29. The summed E-state index contributed by atoms with van der Waals surface area (Å²) in [6.07, 6.45) is 2.49. The Balaban J connectivity index is 1.33. The number of carboxylic acids is 1. The number of hydrogen-bond donors (Lipinski definition) is 2. The van der Waals surface area contributed by atoms with Gasteiger partial charge in [0.15, 0.2) is 0 Å². The highest BCUT2D eigenvalue weighted by Crippen LogP contribution is 2.30. The number of nitrogens with zero attached hydrogens (tertiary/aromatic N) is 4. The molecule has 8 nitrogen and oxygen atoms in total. The lowest BCUT2D eigenvalue weighted by Gasteiger charge is -2.24. The number of amides is 1. The number of benzene rings is 3. The molecule has 1 amide bonds. The molecule has 3 aromatic carbocycles. The zero-order chi connectivity index (χ0) is 28.1. The maximum Gasteiger partial charge on any atom is 0.308 e. The van der Waals surface area contributed by atoms with Crippen LogP contribution in [0.4, 0.5) is 17.3 Å². The molecule has 2 heterocycles. The van der Waals surface area contributed by atoms with E-state index in [1.54, 1.807) is 0 Å². The van der Waals surface area contributed by atoms with E-state index in [9.17, 15) is 14.7 Å². The third-order valence-corrected chi connectivity index (χ3v) is 6.97. The predicted octanol–water partition coefficient (Wildman–Crippen LogP) is 5.28. The molecule has 1 aliphatic rings. The van der Waals surface area contributed by atoms with Gasteiger partial charge in [-0.05, 0) is 53.8 Å². The molecule has 0 aliphatic carbocycles. The predicted molar refractivity (Wildman–Crippen MR) is 158 cm³/mol. The second-order valence-electron chi connectivity index (χ2n) is 10.2. The van der Waals surface area contributed by atoms with Crippen LogP contribution in [0.5, 0.6) is 0 Å². The normalized spacial score (nSPS) is 12.8. The standard InChI is InChI=1S/C32H33N5O3/c1-36(2)30-27(21-29(38)39)31(37-17-6-7-18-37)35-28(34-30)19-22-13-15-26(16-14-22)33-32(40)25-12-8-11-24(20-25)23-9-4-3-5-10-23/h3-5,8-16,20H,6-7,17-19,21H2,1-2H3,(H,33,40)(H,38,39). The molecule has 0 saturated carbocycles. The van der Waals surface area contributed by atoms with E-state index in [0.29, 0.717) is 34.9 Å². The lowest BCUT2D eigenvalue weighted by molar-refractivity contribution is -0.136. The van der Waals surface area contributed by atoms with E-state index in [-0.39, 0.29) is 12.3 Å². The van der Waals surface area contributed by atoms with Crippen molar-refractivity contribution >= 4 is 29.2 Å². The topological polar surface area (TPSA) is 98.7 Å². The zero-order valence-corrected chi connectivity index (χ0v) is 22.8. The van der Waals surface area contributed by atoms with Crippen molar-refractivity contribution in [3.8, 4) is 11.1 Å². The molecule has 1 saturated heterocycles. The van der Waals surface area contributed by atoms with Gasteiger partial charge in [0.2, 0.25) is 0 Å². The van der Waals surface area contributed by atoms with E-state index < -0.39 is 5.97 Å². The van der Waals surface area contributed by atoms with Crippen LogP contribution in [0, 0.1) is 0 Å². The Bertz CT molecular complexity index is 1500. The van der Waals surface area contributed by atoms with Gasteiger partial charge >= 0.3 is 5.97 Å². The first-order chi connectivity index (χ1) is 19.4. The van der Waals surface area contributed by atoms with Gasteiger partial charge in [0, 0.05) is 50.4 Å². The van der Waals surface area contributed by atoms with Crippen molar-refractivity contribution in [1.82, 2.24) is 9.97 Å². The fourth-order valence-electron chi connectivity index (χ4n) is 5.02. The molecule has 0 unspecified atom stereocenters. The Labute approximate surface area is 234 Å². The minimum Gasteiger partial charge on any atom is -0.481 e. The number of rotatable bonds is 9. The first-order valence-corrected chi connectivity index (χ1v) is 13.5. The fourth-order valence-corrected chi connectivity index (χ4v) is 5.02. The molecule has 0 atom stereocenters. The molecule has 204 valence electrons. The Morgan fingerprint density at radius 3 is 2.27 bits per heavy atom. The number of anilines is 3. The summed E-state index contributed by atoms with van der Waals surface area (Å²) in [6.45, 7) is 1.72. The molecule has 5 rings (SSSR count). The van der Waals surface area contributed by atoms with Crippen molar-refractivity contribution in [3.05, 3.63) is 101 Å². The Morgan fingerprint density at radius 1 is 0.900 bits per heavy atom. The monoisotopic (exact) mass is 535 g/mol. The molecule has 2 N–H and O–H groups in total. The van der Waals surface area contributed by atoms with Crippen LogP contribution in [0.15, 0.2) is 78.9 Å². The molecule has 1 aliphatic heterocycles. The molecule has 40 heavy (non-hydrogen) atoms. The maximum absolute atomic E-state index is 13.0. The summed E-state index contributed by atoms with van der Waals surface area (Å²) in [5.41, 5.74) is 4.98. The third-order valence-electron chi connectivity index (χ3n) is 6.97. The van der Waals surface area contributed by atoms with Crippen LogP contribution in [-0.4, -0.2) is 54.1 Å². The Morgan fingerprint density at radius 2 is 1.60 bits per heavy atom. The average Bonchev–Trinajstić information content (AvgIpc) is 3.50. The van der Waals surface area contributed by atoms with Gasteiger partial charge in [-0.15, -0.1) is 0 Å². The van der Waals surface area contributed by atoms with Crippen molar-refractivity contribution in [1.29, 1.82) is 0 Å². The highest BCUT2D eigenvalue weighted by Gasteiger charge is 2.24. The van der Waals surface area contributed by atoms with Crippen molar-refractivity contribution < 1.29 is 14.7 Å². The molecule has 8 heteroatoms. The summed E-state index contributed by atoms with van der Waals surface area (Å²) in [5, 5.41) is 12.5. The van der Waals surface area contributed by atoms with E-state index in [0.717, 1.165) is 48.4 Å². The summed E-state index contributed by atoms with van der Waals surface area (Å²) in [7, 11) is 3.75. The molecule has 4 aromatic rings. The number of nitrogens with one attached hydrogen (secondary N) is 1. The molecular formula is C32H33N5O3. The Hall–Kier alpha value is -4.72. The van der Waals surface area contributed by atoms with Gasteiger partial charge in [-0.2, -0.15) is 0 Å². The Kier molecular flexibility index (Phi) is 8.05. The van der Waals surface area contributed by atoms with E-state index in [1.807, 2.05) is 97.9 Å². The summed E-state index contributed by atoms with van der Waals surface area (Å²) >= 11 is 0. The van der Waals surface area contributed by atoms with Crippen molar-refractivity contribution in [3.63, 3.8) is 0 Å². The molecular weight excluding hydrogens is 502 g/mol. The van der Waals surface area contributed by atoms with Gasteiger partial charge in [-0.1, -0.05) is 54.6 Å². The molecule has 1 fully saturated rings. The number of carbonyl (C=O) groups excluding carboxylic acids is 1. The number of carboxylic acid groups (broad SMARTS) is 1. The minimum absolute atomic E-state index is 0.123. The van der Waals surface area contributed by atoms with Crippen molar-refractivity contribution in [2.24, 2.45) is 0 Å². The molecule has 0 radical (unpaired) electrons. The first kappa shape index (κ1) is 26.9. The summed E-state index contributed by atoms with van der Waals surface area (Å²) in [6, 6.07) is 25.2. The van der Waals surface area contributed by atoms with Gasteiger partial charge in [0.1, 0.15) is 17.5 Å². The van der Waals surface area contributed by atoms with Gasteiger partial charge < -0.3 is 20.2 Å². The molecule has 1 aromatic heterocycles. The largest absolute Gasteiger partial charge is 0.481 e. The first-order valence-electron chi connectivity index (χ1n) is 13.5. The summed E-state index contributed by atoms with van der Waals surface area (Å²) < 4.78 is 0. The second-order valence-corrected chi connectivity index (χ2v) is 10.2. The van der Waals surface area contributed by atoms with Crippen LogP contribution in [0.2, 0.25) is 0 Å². The SMILES string of the molecule is CN(C)c1nc(Cc2ccc(NC(=O)c3cccc(-c4ccccc4)c3)cc2)nc(N2CCCC2)c1CC(=O)O. The zero-order valence-electron chi connectivity index (χ0n) is 22.8. The quantitative estimate of drug-likeness (QED) is 0.301. The maximum atomic E-state index is 13.0. The van der Waals surface area contributed by atoms with Crippen LogP contribution in [0.25, 0.3) is 11.1 Å². The van der Waals surface area contributed by atoms with Crippen molar-refractivity contribution in [2.75, 3.05) is 42.3 Å². The smallest absolute Gasteiger partial charge is 0.308 e. The highest BCUT2D eigenvalue weighted by molar-refractivity contribution is 6.05. The number of hydrogen-bond acceptors (Lipinski definition) is 6. The minimum atomic E-state index is -0.899.